The van der Waals surface area contributed by atoms with Crippen molar-refractivity contribution in [1.29, 1.82) is 0 Å². The van der Waals surface area contributed by atoms with Crippen molar-refractivity contribution in [2.75, 3.05) is 13.7 Å². The van der Waals surface area contributed by atoms with E-state index in [-0.39, 0.29) is 11.8 Å². The fourth-order valence-electron chi connectivity index (χ4n) is 3.26. The monoisotopic (exact) mass is 383 g/mol. The Kier molecular flexibility index (Phi) is 4.81. The molecule has 0 saturated carbocycles. The van der Waals surface area contributed by atoms with Gasteiger partial charge >= 0.3 is 0 Å². The van der Waals surface area contributed by atoms with E-state index in [0.717, 1.165) is 11.1 Å². The number of amides is 1. The summed E-state index contributed by atoms with van der Waals surface area (Å²) in [4.78, 5) is 18.7. The predicted octanol–water partition coefficient (Wildman–Crippen LogP) is 3.91. The molecule has 0 radical (unpaired) electrons. The molecule has 1 unspecified atom stereocenters. The maximum absolute atomic E-state index is 12.4. The van der Waals surface area contributed by atoms with Crippen LogP contribution in [0.2, 0.25) is 5.02 Å². The molecule has 3 aromatic rings. The number of benzene rings is 2. The third-order valence-electron chi connectivity index (χ3n) is 4.67. The second-order valence-electron chi connectivity index (χ2n) is 6.42. The lowest BCUT2D eigenvalue weighted by molar-refractivity contribution is -0.128. The summed E-state index contributed by atoms with van der Waals surface area (Å²) in [5, 5.41) is 4.73. The zero-order chi connectivity index (χ0) is 18.8. The Bertz CT molecular complexity index is 972. The first-order valence-corrected chi connectivity index (χ1v) is 9.01. The molecule has 0 bridgehead atoms. The van der Waals surface area contributed by atoms with E-state index in [1.807, 2.05) is 48.5 Å². The topological polar surface area (TPSA) is 68.5 Å². The minimum absolute atomic E-state index is 0.0527. The van der Waals surface area contributed by atoms with Crippen LogP contribution in [0.25, 0.3) is 11.4 Å². The van der Waals surface area contributed by atoms with Crippen LogP contribution in [-0.2, 0) is 11.3 Å². The Morgan fingerprint density at radius 1 is 1.22 bits per heavy atom. The molecule has 2 heterocycles. The smallest absolute Gasteiger partial charge is 0.232 e. The predicted molar refractivity (Wildman–Crippen MR) is 101 cm³/mol. The van der Waals surface area contributed by atoms with Gasteiger partial charge in [-0.1, -0.05) is 47.1 Å². The molecule has 1 atom stereocenters. The van der Waals surface area contributed by atoms with Gasteiger partial charge in [-0.15, -0.1) is 0 Å². The van der Waals surface area contributed by atoms with Crippen molar-refractivity contribution in [2.24, 2.45) is 0 Å². The van der Waals surface area contributed by atoms with Gasteiger partial charge in [0.05, 0.1) is 18.6 Å². The highest BCUT2D eigenvalue weighted by Crippen LogP contribution is 2.32. The van der Waals surface area contributed by atoms with E-state index in [9.17, 15) is 4.79 Å². The second-order valence-corrected chi connectivity index (χ2v) is 6.83. The molecule has 138 valence electrons. The summed E-state index contributed by atoms with van der Waals surface area (Å²) in [6, 6.07) is 15.0. The maximum Gasteiger partial charge on any atom is 0.232 e. The Morgan fingerprint density at radius 3 is 2.81 bits per heavy atom. The average Bonchev–Trinajstić information content (AvgIpc) is 3.31. The van der Waals surface area contributed by atoms with Gasteiger partial charge in [-0.2, -0.15) is 4.98 Å². The molecule has 7 heteroatoms. The number of para-hydroxylation sites is 1. The van der Waals surface area contributed by atoms with Gasteiger partial charge in [-0.25, -0.2) is 0 Å². The van der Waals surface area contributed by atoms with Crippen molar-refractivity contribution < 1.29 is 14.1 Å². The molecule has 6 nitrogen and oxygen atoms in total. The van der Waals surface area contributed by atoms with Gasteiger partial charge in [-0.05, 0) is 23.8 Å². The van der Waals surface area contributed by atoms with Crippen LogP contribution in [0.15, 0.2) is 53.1 Å². The van der Waals surface area contributed by atoms with E-state index in [2.05, 4.69) is 10.1 Å². The van der Waals surface area contributed by atoms with Crippen LogP contribution < -0.4 is 4.74 Å². The van der Waals surface area contributed by atoms with Crippen molar-refractivity contribution in [3.05, 3.63) is 65.0 Å². The summed E-state index contributed by atoms with van der Waals surface area (Å²) in [6.07, 6.45) is 0.345. The summed E-state index contributed by atoms with van der Waals surface area (Å²) in [7, 11) is 1.60. The number of hydrogen-bond acceptors (Lipinski definition) is 5. The quantitative estimate of drug-likeness (QED) is 0.668. The molecule has 1 saturated heterocycles. The first-order valence-electron chi connectivity index (χ1n) is 8.64. The van der Waals surface area contributed by atoms with Crippen LogP contribution in [0.4, 0.5) is 0 Å². The normalized spacial score (nSPS) is 16.7. The largest absolute Gasteiger partial charge is 0.496 e. The number of rotatable bonds is 5. The zero-order valence-electron chi connectivity index (χ0n) is 14.8. The minimum Gasteiger partial charge on any atom is -0.496 e. The number of hydrogen-bond donors (Lipinski definition) is 0. The van der Waals surface area contributed by atoms with Crippen molar-refractivity contribution in [3.8, 4) is 17.1 Å². The number of halogens is 1. The summed E-state index contributed by atoms with van der Waals surface area (Å²) < 4.78 is 10.8. The summed E-state index contributed by atoms with van der Waals surface area (Å²) in [5.41, 5.74) is 1.68. The zero-order valence-corrected chi connectivity index (χ0v) is 15.5. The van der Waals surface area contributed by atoms with Crippen LogP contribution in [0.1, 0.15) is 23.8 Å². The number of aromatic nitrogens is 2. The van der Waals surface area contributed by atoms with E-state index in [4.69, 9.17) is 20.9 Å². The van der Waals surface area contributed by atoms with Gasteiger partial charge in [-0.3, -0.25) is 4.79 Å². The molecule has 1 aliphatic heterocycles. The first kappa shape index (κ1) is 17.5. The molecule has 0 aliphatic carbocycles. The summed E-state index contributed by atoms with van der Waals surface area (Å²) >= 11 is 6.21. The van der Waals surface area contributed by atoms with Crippen LogP contribution in [-0.4, -0.2) is 34.6 Å². The lowest BCUT2D eigenvalue weighted by Gasteiger charge is -2.16. The average molecular weight is 384 g/mol. The molecule has 1 aliphatic rings. The molecule has 4 rings (SSSR count). The third kappa shape index (κ3) is 3.53. The van der Waals surface area contributed by atoms with Gasteiger partial charge in [0, 0.05) is 24.5 Å². The van der Waals surface area contributed by atoms with Crippen molar-refractivity contribution in [3.63, 3.8) is 0 Å². The lowest BCUT2D eigenvalue weighted by Crippen LogP contribution is -2.24. The first-order chi connectivity index (χ1) is 13.2. The van der Waals surface area contributed by atoms with E-state index >= 15 is 0 Å². The summed E-state index contributed by atoms with van der Waals surface area (Å²) in [6.45, 7) is 1.00. The number of nitrogens with zero attached hydrogens (tertiary/aromatic N) is 3. The van der Waals surface area contributed by atoms with Gasteiger partial charge in [0.25, 0.3) is 0 Å². The molecule has 27 heavy (non-hydrogen) atoms. The molecule has 0 spiro atoms. The van der Waals surface area contributed by atoms with Gasteiger partial charge in [0.1, 0.15) is 5.75 Å². The lowest BCUT2D eigenvalue weighted by atomic mass is 10.1. The fourth-order valence-corrected chi connectivity index (χ4v) is 3.46. The molecule has 2 aromatic carbocycles. The fraction of sp³-hybridized carbons (Fsp3) is 0.250. The van der Waals surface area contributed by atoms with Gasteiger partial charge in [0.2, 0.25) is 17.6 Å². The van der Waals surface area contributed by atoms with E-state index < -0.39 is 0 Å². The van der Waals surface area contributed by atoms with Crippen LogP contribution in [0.3, 0.4) is 0 Å². The molecule has 1 amide bonds. The molecule has 1 fully saturated rings. The standard InChI is InChI=1S/C20H18ClN3O3/c1-26-17-9-5-3-7-15(17)19-22-20(27-23-19)14-10-18(25)24(12-14)11-13-6-2-4-8-16(13)21/h2-9,14H,10-12H2,1H3. The SMILES string of the molecule is COc1ccccc1-c1noc(C2CC(=O)N(Cc3ccccc3Cl)C2)n1. The number of methoxy groups -OCH3 is 1. The Labute approximate surface area is 161 Å². The summed E-state index contributed by atoms with van der Waals surface area (Å²) in [5.74, 6) is 1.52. The highest BCUT2D eigenvalue weighted by molar-refractivity contribution is 6.31. The second kappa shape index (κ2) is 7.40. The third-order valence-corrected chi connectivity index (χ3v) is 5.04. The minimum atomic E-state index is -0.129. The molecule has 1 aromatic heterocycles. The van der Waals surface area contributed by atoms with Crippen LogP contribution in [0, 0.1) is 0 Å². The number of carbonyl (C=O) groups excluding carboxylic acids is 1. The van der Waals surface area contributed by atoms with E-state index in [0.29, 0.717) is 42.0 Å². The Morgan fingerprint density at radius 2 is 2.00 bits per heavy atom. The van der Waals surface area contributed by atoms with E-state index in [1.165, 1.54) is 0 Å². The molecule has 0 N–H and O–H groups in total. The maximum atomic E-state index is 12.4. The van der Waals surface area contributed by atoms with Crippen LogP contribution >= 0.6 is 11.6 Å². The van der Waals surface area contributed by atoms with Crippen molar-refractivity contribution in [2.45, 2.75) is 18.9 Å². The van der Waals surface area contributed by atoms with Gasteiger partial charge in [0.15, 0.2) is 0 Å². The highest BCUT2D eigenvalue weighted by atomic mass is 35.5. The van der Waals surface area contributed by atoms with Gasteiger partial charge < -0.3 is 14.2 Å². The Hall–Kier alpha value is -2.86. The molecular formula is C20H18ClN3O3. The van der Waals surface area contributed by atoms with Crippen LogP contribution in [0.5, 0.6) is 5.75 Å². The van der Waals surface area contributed by atoms with Crippen molar-refractivity contribution in [1.82, 2.24) is 15.0 Å². The Balaban J connectivity index is 1.51. The number of carbonyl (C=O) groups is 1. The van der Waals surface area contributed by atoms with Crippen molar-refractivity contribution >= 4 is 17.5 Å². The van der Waals surface area contributed by atoms with E-state index in [1.54, 1.807) is 12.0 Å². The highest BCUT2D eigenvalue weighted by Gasteiger charge is 2.34. The molecular weight excluding hydrogens is 366 g/mol. The number of likely N-dealkylation sites (tertiary alicyclic amines) is 1. The number of ether oxygens (including phenoxy) is 1.